The first kappa shape index (κ1) is 11.1. The van der Waals surface area contributed by atoms with Gasteiger partial charge in [0.2, 0.25) is 0 Å². The zero-order valence-corrected chi connectivity index (χ0v) is 10.7. The quantitative estimate of drug-likeness (QED) is 0.760. The highest BCUT2D eigenvalue weighted by Gasteiger charge is 2.05. The van der Waals surface area contributed by atoms with Crippen LogP contribution < -0.4 is 0 Å². The molecule has 3 rings (SSSR count). The van der Waals surface area contributed by atoms with Gasteiger partial charge in [-0.2, -0.15) is 0 Å². The first-order valence-electron chi connectivity index (χ1n) is 6.20. The molecule has 0 atom stereocenters. The molecule has 92 valence electrons. The van der Waals surface area contributed by atoms with Crippen LogP contribution in [0.1, 0.15) is 22.7 Å². The highest BCUT2D eigenvalue weighted by atomic mass is 16.3. The summed E-state index contributed by atoms with van der Waals surface area (Å²) >= 11 is 0. The molecule has 0 bridgehead atoms. The molecule has 1 aromatic carbocycles. The van der Waals surface area contributed by atoms with Crippen molar-refractivity contribution >= 4 is 11.0 Å². The predicted octanol–water partition coefficient (Wildman–Crippen LogP) is 3.56. The molecule has 1 N–H and O–H groups in total. The number of hydrogen-bond donors (Lipinski definition) is 1. The number of H-pyrrole nitrogens is 1. The molecule has 18 heavy (non-hydrogen) atoms. The van der Waals surface area contributed by atoms with Gasteiger partial charge >= 0.3 is 0 Å². The van der Waals surface area contributed by atoms with E-state index < -0.39 is 0 Å². The Morgan fingerprint density at radius 2 is 2.00 bits per heavy atom. The summed E-state index contributed by atoms with van der Waals surface area (Å²) in [6.45, 7) is 4.24. The topological polar surface area (TPSA) is 41.8 Å². The number of fused-ring (bicyclic) bond motifs is 1. The molecule has 3 aromatic rings. The van der Waals surface area contributed by atoms with Crippen molar-refractivity contribution in [1.82, 2.24) is 9.97 Å². The molecule has 0 fully saturated rings. The van der Waals surface area contributed by atoms with Crippen LogP contribution in [0.3, 0.4) is 0 Å². The molecule has 0 aliphatic heterocycles. The minimum absolute atomic E-state index is 0.875. The molecular weight excluding hydrogens is 224 g/mol. The molecule has 0 radical (unpaired) electrons. The Kier molecular flexibility index (Phi) is 2.67. The van der Waals surface area contributed by atoms with Gasteiger partial charge < -0.3 is 9.40 Å². The minimum atomic E-state index is 0.875. The fraction of sp³-hybridized carbons (Fsp3) is 0.267. The van der Waals surface area contributed by atoms with Gasteiger partial charge in [-0.3, -0.25) is 0 Å². The van der Waals surface area contributed by atoms with E-state index in [1.54, 1.807) is 6.26 Å². The van der Waals surface area contributed by atoms with Crippen molar-refractivity contribution in [2.75, 3.05) is 0 Å². The summed E-state index contributed by atoms with van der Waals surface area (Å²) in [7, 11) is 0. The summed E-state index contributed by atoms with van der Waals surface area (Å²) in [6.07, 6.45) is 3.46. The van der Waals surface area contributed by atoms with E-state index >= 15 is 0 Å². The van der Waals surface area contributed by atoms with Gasteiger partial charge in [-0.25, -0.2) is 4.98 Å². The van der Waals surface area contributed by atoms with Gasteiger partial charge in [-0.15, -0.1) is 0 Å². The molecular formula is C15H16N2O. The minimum Gasteiger partial charge on any atom is -0.469 e. The second-order valence-electron chi connectivity index (χ2n) is 4.72. The van der Waals surface area contributed by atoms with Crippen LogP contribution in [-0.4, -0.2) is 9.97 Å². The summed E-state index contributed by atoms with van der Waals surface area (Å²) in [5, 5.41) is 0. The van der Waals surface area contributed by atoms with Crippen molar-refractivity contribution in [2.45, 2.75) is 26.7 Å². The summed E-state index contributed by atoms with van der Waals surface area (Å²) in [5.41, 5.74) is 4.75. The molecule has 2 heterocycles. The van der Waals surface area contributed by atoms with E-state index in [1.165, 1.54) is 11.1 Å². The zero-order chi connectivity index (χ0) is 12.5. The lowest BCUT2D eigenvalue weighted by Gasteiger charge is -1.97. The monoisotopic (exact) mass is 240 g/mol. The number of aromatic amines is 1. The van der Waals surface area contributed by atoms with Gasteiger partial charge in [0.05, 0.1) is 17.3 Å². The van der Waals surface area contributed by atoms with E-state index in [4.69, 9.17) is 4.42 Å². The average Bonchev–Trinajstić information content (AvgIpc) is 2.96. The van der Waals surface area contributed by atoms with Crippen LogP contribution in [0.4, 0.5) is 0 Å². The van der Waals surface area contributed by atoms with Crippen LogP contribution in [0.15, 0.2) is 34.9 Å². The average molecular weight is 240 g/mol. The number of nitrogens with zero attached hydrogens (tertiary/aromatic N) is 1. The second-order valence-corrected chi connectivity index (χ2v) is 4.72. The number of nitrogens with one attached hydrogen (secondary N) is 1. The SMILES string of the molecule is Cc1cc2nc(CCc3ccco3)[nH]c2cc1C. The molecule has 0 aliphatic rings. The highest BCUT2D eigenvalue weighted by molar-refractivity contribution is 5.77. The summed E-state index contributed by atoms with van der Waals surface area (Å²) in [6, 6.07) is 8.21. The number of hydrogen-bond acceptors (Lipinski definition) is 2. The van der Waals surface area contributed by atoms with E-state index in [9.17, 15) is 0 Å². The summed E-state index contributed by atoms with van der Waals surface area (Å²) < 4.78 is 5.33. The lowest BCUT2D eigenvalue weighted by atomic mass is 10.1. The van der Waals surface area contributed by atoms with E-state index in [-0.39, 0.29) is 0 Å². The van der Waals surface area contributed by atoms with E-state index in [2.05, 4.69) is 35.9 Å². The van der Waals surface area contributed by atoms with Gasteiger partial charge in [0.1, 0.15) is 11.6 Å². The molecule has 3 heteroatoms. The van der Waals surface area contributed by atoms with Crippen LogP contribution >= 0.6 is 0 Å². The van der Waals surface area contributed by atoms with E-state index in [0.717, 1.165) is 35.5 Å². The van der Waals surface area contributed by atoms with Crippen molar-refractivity contribution in [3.05, 3.63) is 53.2 Å². The normalized spacial score (nSPS) is 11.2. The fourth-order valence-electron chi connectivity index (χ4n) is 2.14. The smallest absolute Gasteiger partial charge is 0.107 e. The maximum atomic E-state index is 5.33. The van der Waals surface area contributed by atoms with Crippen molar-refractivity contribution in [3.8, 4) is 0 Å². The standard InChI is InChI=1S/C15H16N2O/c1-10-8-13-14(9-11(10)2)17-15(16-13)6-5-12-4-3-7-18-12/h3-4,7-9H,5-6H2,1-2H3,(H,16,17). The number of aryl methyl sites for hydroxylation is 4. The van der Waals surface area contributed by atoms with Crippen LogP contribution in [0.2, 0.25) is 0 Å². The Morgan fingerprint density at radius 1 is 1.17 bits per heavy atom. The lowest BCUT2D eigenvalue weighted by Crippen LogP contribution is -1.91. The lowest BCUT2D eigenvalue weighted by molar-refractivity contribution is 0.507. The first-order valence-corrected chi connectivity index (χ1v) is 6.20. The second kappa shape index (κ2) is 4.33. The molecule has 0 spiro atoms. The van der Waals surface area contributed by atoms with E-state index in [0.29, 0.717) is 0 Å². The number of furan rings is 1. The maximum absolute atomic E-state index is 5.33. The van der Waals surface area contributed by atoms with Crippen molar-refractivity contribution in [2.24, 2.45) is 0 Å². The largest absolute Gasteiger partial charge is 0.469 e. The number of benzene rings is 1. The molecule has 0 saturated carbocycles. The van der Waals surface area contributed by atoms with Gasteiger partial charge in [0.25, 0.3) is 0 Å². The molecule has 0 amide bonds. The number of rotatable bonds is 3. The van der Waals surface area contributed by atoms with Gasteiger partial charge in [-0.1, -0.05) is 0 Å². The first-order chi connectivity index (χ1) is 8.72. The molecule has 0 saturated heterocycles. The number of aromatic nitrogens is 2. The van der Waals surface area contributed by atoms with Crippen molar-refractivity contribution in [3.63, 3.8) is 0 Å². The molecule has 0 aliphatic carbocycles. The molecule has 0 unspecified atom stereocenters. The number of imidazole rings is 1. The van der Waals surface area contributed by atoms with E-state index in [1.807, 2.05) is 12.1 Å². The van der Waals surface area contributed by atoms with Crippen molar-refractivity contribution < 1.29 is 4.42 Å². The van der Waals surface area contributed by atoms with Crippen LogP contribution in [0.5, 0.6) is 0 Å². The summed E-state index contributed by atoms with van der Waals surface area (Å²) in [5.74, 6) is 2.02. The van der Waals surface area contributed by atoms with Crippen LogP contribution in [0.25, 0.3) is 11.0 Å². The van der Waals surface area contributed by atoms with Gasteiger partial charge in [0.15, 0.2) is 0 Å². The Hall–Kier alpha value is -2.03. The van der Waals surface area contributed by atoms with Crippen LogP contribution in [0, 0.1) is 13.8 Å². The third-order valence-corrected chi connectivity index (χ3v) is 3.33. The third kappa shape index (κ3) is 2.04. The van der Waals surface area contributed by atoms with Gasteiger partial charge in [0, 0.05) is 12.8 Å². The Balaban J connectivity index is 1.85. The van der Waals surface area contributed by atoms with Crippen LogP contribution in [-0.2, 0) is 12.8 Å². The molecule has 3 nitrogen and oxygen atoms in total. The fourth-order valence-corrected chi connectivity index (χ4v) is 2.14. The highest BCUT2D eigenvalue weighted by Crippen LogP contribution is 2.18. The van der Waals surface area contributed by atoms with Crippen molar-refractivity contribution in [1.29, 1.82) is 0 Å². The Bertz CT molecular complexity index is 626. The predicted molar refractivity (Wildman–Crippen MR) is 71.7 cm³/mol. The molecule has 2 aromatic heterocycles. The van der Waals surface area contributed by atoms with Gasteiger partial charge in [-0.05, 0) is 49.2 Å². The Labute approximate surface area is 106 Å². The third-order valence-electron chi connectivity index (χ3n) is 3.33. The Morgan fingerprint density at radius 3 is 2.78 bits per heavy atom. The zero-order valence-electron chi connectivity index (χ0n) is 10.7. The summed E-state index contributed by atoms with van der Waals surface area (Å²) in [4.78, 5) is 7.99. The maximum Gasteiger partial charge on any atom is 0.107 e.